The van der Waals surface area contributed by atoms with Gasteiger partial charge in [-0.3, -0.25) is 14.6 Å². The van der Waals surface area contributed by atoms with Crippen molar-refractivity contribution in [1.82, 2.24) is 24.3 Å². The molecule has 0 N–H and O–H groups in total. The zero-order valence-electron chi connectivity index (χ0n) is 16.2. The number of benzene rings is 1. The summed E-state index contributed by atoms with van der Waals surface area (Å²) in [5.41, 5.74) is 2.25. The molecule has 0 saturated carbocycles. The molecule has 140 valence electrons. The average Bonchev–Trinajstić information content (AvgIpc) is 3.00. The minimum atomic E-state index is -0.226. The van der Waals surface area contributed by atoms with Crippen molar-refractivity contribution < 1.29 is 4.79 Å². The molecule has 1 aliphatic heterocycles. The van der Waals surface area contributed by atoms with Crippen LogP contribution in [0.3, 0.4) is 0 Å². The van der Waals surface area contributed by atoms with E-state index in [1.54, 1.807) is 0 Å². The second-order valence-electron chi connectivity index (χ2n) is 7.34. The van der Waals surface area contributed by atoms with Crippen molar-refractivity contribution in [2.45, 2.75) is 19.5 Å². The third-order valence-corrected chi connectivity index (χ3v) is 5.08. The SMILES string of the molecule is Cc1cccc([C@@H](C(=O)N2CCN(Cc3nccn3C)CC2)N(C)C)c1. The average molecular weight is 355 g/mol. The van der Waals surface area contributed by atoms with Gasteiger partial charge < -0.3 is 9.47 Å². The van der Waals surface area contributed by atoms with Gasteiger partial charge in [0.2, 0.25) is 5.91 Å². The van der Waals surface area contributed by atoms with E-state index in [0.717, 1.165) is 44.1 Å². The summed E-state index contributed by atoms with van der Waals surface area (Å²) in [7, 11) is 5.97. The molecule has 0 unspecified atom stereocenters. The lowest BCUT2D eigenvalue weighted by molar-refractivity contribution is -0.138. The molecule has 0 bridgehead atoms. The van der Waals surface area contributed by atoms with E-state index in [-0.39, 0.29) is 11.9 Å². The minimum absolute atomic E-state index is 0.192. The Bertz CT molecular complexity index is 746. The van der Waals surface area contributed by atoms with Crippen molar-refractivity contribution in [2.24, 2.45) is 7.05 Å². The first kappa shape index (κ1) is 18.6. The molecule has 1 saturated heterocycles. The summed E-state index contributed by atoms with van der Waals surface area (Å²) in [5, 5.41) is 0. The quantitative estimate of drug-likeness (QED) is 0.819. The monoisotopic (exact) mass is 355 g/mol. The molecule has 2 aromatic rings. The van der Waals surface area contributed by atoms with Gasteiger partial charge in [0.15, 0.2) is 0 Å². The Morgan fingerprint density at radius 1 is 1.23 bits per heavy atom. The molecule has 3 rings (SSSR count). The third-order valence-electron chi connectivity index (χ3n) is 5.08. The maximum atomic E-state index is 13.2. The summed E-state index contributed by atoms with van der Waals surface area (Å²) in [6.45, 7) is 6.19. The highest BCUT2D eigenvalue weighted by atomic mass is 16.2. The Balaban J connectivity index is 1.63. The van der Waals surface area contributed by atoms with E-state index in [1.165, 1.54) is 5.56 Å². The number of likely N-dealkylation sites (N-methyl/N-ethyl adjacent to an activating group) is 1. The van der Waals surface area contributed by atoms with Gasteiger partial charge in [-0.15, -0.1) is 0 Å². The van der Waals surface area contributed by atoms with Crippen molar-refractivity contribution in [3.05, 3.63) is 53.6 Å². The smallest absolute Gasteiger partial charge is 0.244 e. The molecule has 26 heavy (non-hydrogen) atoms. The van der Waals surface area contributed by atoms with Crippen LogP contribution in [0.15, 0.2) is 36.7 Å². The lowest BCUT2D eigenvalue weighted by Gasteiger charge is -2.37. The van der Waals surface area contributed by atoms with E-state index in [9.17, 15) is 4.79 Å². The molecule has 2 heterocycles. The predicted molar refractivity (Wildman–Crippen MR) is 103 cm³/mol. The summed E-state index contributed by atoms with van der Waals surface area (Å²) in [5.74, 6) is 1.26. The molecule has 1 aromatic heterocycles. The van der Waals surface area contributed by atoms with Crippen LogP contribution in [0.25, 0.3) is 0 Å². The van der Waals surface area contributed by atoms with Crippen molar-refractivity contribution in [3.8, 4) is 0 Å². The standard InChI is InChI=1S/C20H29N5O/c1-16-6-5-7-17(14-16)19(22(2)3)20(26)25-12-10-24(11-13-25)15-18-21-8-9-23(18)4/h5-9,14,19H,10-13,15H2,1-4H3/t19-/m0/s1. The third kappa shape index (κ3) is 4.14. The highest BCUT2D eigenvalue weighted by molar-refractivity contribution is 5.83. The number of piperazine rings is 1. The van der Waals surface area contributed by atoms with Crippen LogP contribution in [0.4, 0.5) is 0 Å². The van der Waals surface area contributed by atoms with E-state index >= 15 is 0 Å². The van der Waals surface area contributed by atoms with E-state index in [2.05, 4.69) is 33.5 Å². The fraction of sp³-hybridized carbons (Fsp3) is 0.500. The maximum Gasteiger partial charge on any atom is 0.244 e. The number of hydrogen-bond donors (Lipinski definition) is 0. The van der Waals surface area contributed by atoms with Gasteiger partial charge in [-0.05, 0) is 26.6 Å². The Morgan fingerprint density at radius 3 is 2.54 bits per heavy atom. The zero-order valence-corrected chi connectivity index (χ0v) is 16.2. The number of aryl methyl sites for hydroxylation is 2. The van der Waals surface area contributed by atoms with Gasteiger partial charge >= 0.3 is 0 Å². The van der Waals surface area contributed by atoms with Crippen LogP contribution in [-0.4, -0.2) is 70.4 Å². The van der Waals surface area contributed by atoms with E-state index in [1.807, 2.05) is 55.5 Å². The maximum absolute atomic E-state index is 13.2. The van der Waals surface area contributed by atoms with Gasteiger partial charge in [-0.25, -0.2) is 4.98 Å². The molecule has 0 spiro atoms. The molecular formula is C20H29N5O. The number of amides is 1. The minimum Gasteiger partial charge on any atom is -0.338 e. The highest BCUT2D eigenvalue weighted by Gasteiger charge is 2.30. The molecule has 1 aliphatic rings. The van der Waals surface area contributed by atoms with Gasteiger partial charge in [0.25, 0.3) is 0 Å². The van der Waals surface area contributed by atoms with E-state index in [4.69, 9.17) is 0 Å². The van der Waals surface area contributed by atoms with Crippen molar-refractivity contribution in [2.75, 3.05) is 40.3 Å². The van der Waals surface area contributed by atoms with Gasteiger partial charge in [-0.2, -0.15) is 0 Å². The molecule has 1 amide bonds. The van der Waals surface area contributed by atoms with Gasteiger partial charge in [0.1, 0.15) is 11.9 Å². The zero-order chi connectivity index (χ0) is 18.7. The van der Waals surface area contributed by atoms with E-state index < -0.39 is 0 Å². The number of imidazole rings is 1. The van der Waals surface area contributed by atoms with Gasteiger partial charge in [0.05, 0.1) is 6.54 Å². The van der Waals surface area contributed by atoms with Crippen LogP contribution in [0.5, 0.6) is 0 Å². The molecule has 1 atom stereocenters. The normalized spacial score (nSPS) is 16.9. The predicted octanol–water partition coefficient (Wildman–Crippen LogP) is 1.68. The van der Waals surface area contributed by atoms with Crippen LogP contribution in [0.2, 0.25) is 0 Å². The fourth-order valence-corrected chi connectivity index (χ4v) is 3.55. The van der Waals surface area contributed by atoms with Crippen molar-refractivity contribution in [3.63, 3.8) is 0 Å². The Morgan fingerprint density at radius 2 is 1.96 bits per heavy atom. The number of aromatic nitrogens is 2. The van der Waals surface area contributed by atoms with E-state index in [0.29, 0.717) is 0 Å². The highest BCUT2D eigenvalue weighted by Crippen LogP contribution is 2.23. The number of carbonyl (C=O) groups is 1. The molecule has 6 heteroatoms. The molecule has 0 aliphatic carbocycles. The number of hydrogen-bond acceptors (Lipinski definition) is 4. The second-order valence-corrected chi connectivity index (χ2v) is 7.34. The first-order chi connectivity index (χ1) is 12.5. The summed E-state index contributed by atoms with van der Waals surface area (Å²) in [4.78, 5) is 24.0. The molecule has 1 aromatic carbocycles. The summed E-state index contributed by atoms with van der Waals surface area (Å²) in [6.07, 6.45) is 3.80. The molecule has 6 nitrogen and oxygen atoms in total. The van der Waals surface area contributed by atoms with Gasteiger partial charge in [-0.1, -0.05) is 29.8 Å². The van der Waals surface area contributed by atoms with Crippen LogP contribution in [0.1, 0.15) is 23.0 Å². The summed E-state index contributed by atoms with van der Waals surface area (Å²) in [6, 6.07) is 8.03. The van der Waals surface area contributed by atoms with Gasteiger partial charge in [0, 0.05) is 45.6 Å². The Hall–Kier alpha value is -2.18. The number of nitrogens with zero attached hydrogens (tertiary/aromatic N) is 5. The lowest BCUT2D eigenvalue weighted by atomic mass is 10.0. The van der Waals surface area contributed by atoms with Crippen LogP contribution in [-0.2, 0) is 18.4 Å². The fourth-order valence-electron chi connectivity index (χ4n) is 3.55. The molecule has 1 fully saturated rings. The molecule has 0 radical (unpaired) electrons. The number of rotatable bonds is 5. The molecular weight excluding hydrogens is 326 g/mol. The number of carbonyl (C=O) groups excluding carboxylic acids is 1. The van der Waals surface area contributed by atoms with Crippen LogP contribution in [0, 0.1) is 6.92 Å². The first-order valence-electron chi connectivity index (χ1n) is 9.16. The summed E-state index contributed by atoms with van der Waals surface area (Å²) < 4.78 is 2.05. The lowest BCUT2D eigenvalue weighted by Crippen LogP contribution is -2.51. The summed E-state index contributed by atoms with van der Waals surface area (Å²) >= 11 is 0. The van der Waals surface area contributed by atoms with Crippen LogP contribution >= 0.6 is 0 Å². The second kappa shape index (κ2) is 8.01. The van der Waals surface area contributed by atoms with Crippen LogP contribution < -0.4 is 0 Å². The Kier molecular flexibility index (Phi) is 5.74. The topological polar surface area (TPSA) is 44.6 Å². The van der Waals surface area contributed by atoms with Crippen molar-refractivity contribution >= 4 is 5.91 Å². The Labute approximate surface area is 156 Å². The van der Waals surface area contributed by atoms with Crippen molar-refractivity contribution in [1.29, 1.82) is 0 Å². The first-order valence-corrected chi connectivity index (χ1v) is 9.16. The largest absolute Gasteiger partial charge is 0.338 e.